The predicted octanol–water partition coefficient (Wildman–Crippen LogP) is 3.09. The number of fused-ring (bicyclic) bond motifs is 1. The number of benzene rings is 1. The highest BCUT2D eigenvalue weighted by molar-refractivity contribution is 7.80. The Morgan fingerprint density at radius 1 is 0.973 bits per heavy atom. The summed E-state index contributed by atoms with van der Waals surface area (Å²) in [5, 5.41) is 5.05. The quantitative estimate of drug-likeness (QED) is 0.447. The lowest BCUT2D eigenvalue weighted by molar-refractivity contribution is 0.181. The summed E-state index contributed by atoms with van der Waals surface area (Å²) in [5.41, 5.74) is 1.83. The molecule has 2 aliphatic heterocycles. The van der Waals surface area contributed by atoms with E-state index in [1.54, 1.807) is 19.6 Å². The molecule has 0 aliphatic carbocycles. The second kappa shape index (κ2) is 12.3. The van der Waals surface area contributed by atoms with Gasteiger partial charge in [-0.05, 0) is 56.3 Å². The number of methoxy groups -OCH3 is 1. The van der Waals surface area contributed by atoms with Gasteiger partial charge in [-0.25, -0.2) is 9.97 Å². The molecule has 2 aromatic heterocycles. The average molecular weight is 522 g/mol. The van der Waals surface area contributed by atoms with Crippen molar-refractivity contribution in [3.05, 3.63) is 48.5 Å². The fourth-order valence-electron chi connectivity index (χ4n) is 4.94. The van der Waals surface area contributed by atoms with Crippen LogP contribution in [-0.4, -0.2) is 89.4 Å². The Kier molecular flexibility index (Phi) is 8.47. The molecule has 196 valence electrons. The summed E-state index contributed by atoms with van der Waals surface area (Å²) in [6.45, 7) is 7.76. The van der Waals surface area contributed by atoms with Gasteiger partial charge in [0, 0.05) is 50.4 Å². The maximum atomic E-state index is 6.15. The molecule has 0 atom stereocenters. The van der Waals surface area contributed by atoms with E-state index < -0.39 is 0 Å². The summed E-state index contributed by atoms with van der Waals surface area (Å²) in [6, 6.07) is 9.87. The third-order valence-corrected chi connectivity index (χ3v) is 7.43. The van der Waals surface area contributed by atoms with Gasteiger partial charge in [-0.1, -0.05) is 12.5 Å². The van der Waals surface area contributed by atoms with Gasteiger partial charge < -0.3 is 24.6 Å². The van der Waals surface area contributed by atoms with Crippen LogP contribution in [-0.2, 0) is 6.54 Å². The molecule has 0 spiro atoms. The molecular formula is C27H35N7O2S. The number of ether oxygens (including phenoxy) is 2. The molecule has 37 heavy (non-hydrogen) atoms. The summed E-state index contributed by atoms with van der Waals surface area (Å²) < 4.78 is 11.8. The van der Waals surface area contributed by atoms with E-state index in [0.29, 0.717) is 18.9 Å². The highest BCUT2D eigenvalue weighted by atomic mass is 32.1. The minimum Gasteiger partial charge on any atom is -0.493 e. The Hall–Kier alpha value is -3.24. The number of nitrogens with one attached hydrogen (secondary N) is 1. The van der Waals surface area contributed by atoms with E-state index in [-0.39, 0.29) is 0 Å². The fraction of sp³-hybridized carbons (Fsp3) is 0.481. The smallest absolute Gasteiger partial charge is 0.169 e. The van der Waals surface area contributed by atoms with Gasteiger partial charge in [0.2, 0.25) is 0 Å². The Labute approximate surface area is 223 Å². The average Bonchev–Trinajstić information content (AvgIpc) is 2.96. The predicted molar refractivity (Wildman–Crippen MR) is 149 cm³/mol. The zero-order valence-corrected chi connectivity index (χ0v) is 22.3. The Morgan fingerprint density at radius 2 is 1.81 bits per heavy atom. The molecule has 10 heteroatoms. The van der Waals surface area contributed by atoms with Crippen LogP contribution in [0.3, 0.4) is 0 Å². The first kappa shape index (κ1) is 25.4. The molecule has 3 aromatic rings. The topological polar surface area (TPSA) is 78.9 Å². The van der Waals surface area contributed by atoms with E-state index in [0.717, 1.165) is 79.1 Å². The van der Waals surface area contributed by atoms with Gasteiger partial charge in [0.25, 0.3) is 0 Å². The van der Waals surface area contributed by atoms with E-state index in [4.69, 9.17) is 21.7 Å². The van der Waals surface area contributed by atoms with E-state index in [2.05, 4.69) is 35.0 Å². The van der Waals surface area contributed by atoms with Crippen LogP contribution in [0.1, 0.15) is 25.0 Å². The van der Waals surface area contributed by atoms with Gasteiger partial charge in [0.1, 0.15) is 18.8 Å². The molecule has 2 aliphatic rings. The van der Waals surface area contributed by atoms with Crippen LogP contribution in [0.25, 0.3) is 10.9 Å². The molecule has 2 fully saturated rings. The maximum absolute atomic E-state index is 6.15. The number of piperazine rings is 1. The third-order valence-electron chi connectivity index (χ3n) is 7.03. The molecule has 1 aromatic carbocycles. The molecular weight excluding hydrogens is 486 g/mol. The molecule has 0 radical (unpaired) electrons. The van der Waals surface area contributed by atoms with E-state index in [9.17, 15) is 0 Å². The molecule has 0 amide bonds. The lowest BCUT2D eigenvalue weighted by Crippen LogP contribution is -2.51. The van der Waals surface area contributed by atoms with Gasteiger partial charge in [-0.3, -0.25) is 9.88 Å². The van der Waals surface area contributed by atoms with E-state index in [1.807, 2.05) is 30.3 Å². The molecule has 0 bridgehead atoms. The number of thiocarbonyl (C=S) groups is 1. The van der Waals surface area contributed by atoms with Crippen LogP contribution in [0.5, 0.6) is 11.5 Å². The van der Waals surface area contributed by atoms with Gasteiger partial charge >= 0.3 is 0 Å². The first-order valence-corrected chi connectivity index (χ1v) is 13.5. The minimum absolute atomic E-state index is 0.624. The van der Waals surface area contributed by atoms with Gasteiger partial charge in [0.05, 0.1) is 24.9 Å². The van der Waals surface area contributed by atoms with Crippen molar-refractivity contribution in [2.24, 2.45) is 0 Å². The molecule has 2 saturated heterocycles. The molecule has 5 rings (SSSR count). The number of hydrogen-bond acceptors (Lipinski definition) is 8. The van der Waals surface area contributed by atoms with Crippen LogP contribution in [0.15, 0.2) is 42.9 Å². The highest BCUT2D eigenvalue weighted by Crippen LogP contribution is 2.35. The zero-order chi connectivity index (χ0) is 25.5. The van der Waals surface area contributed by atoms with Crippen molar-refractivity contribution in [2.75, 3.05) is 64.4 Å². The van der Waals surface area contributed by atoms with Gasteiger partial charge in [-0.2, -0.15) is 0 Å². The fourth-order valence-corrected chi connectivity index (χ4v) is 5.20. The van der Waals surface area contributed by atoms with Crippen molar-refractivity contribution in [1.29, 1.82) is 0 Å². The monoisotopic (exact) mass is 521 g/mol. The van der Waals surface area contributed by atoms with Crippen molar-refractivity contribution >= 4 is 34.1 Å². The first-order valence-electron chi connectivity index (χ1n) is 13.1. The maximum Gasteiger partial charge on any atom is 0.169 e. The molecule has 0 saturated carbocycles. The third kappa shape index (κ3) is 6.37. The number of piperidine rings is 1. The van der Waals surface area contributed by atoms with Crippen molar-refractivity contribution < 1.29 is 9.47 Å². The zero-order valence-electron chi connectivity index (χ0n) is 21.4. The minimum atomic E-state index is 0.624. The molecule has 4 heterocycles. The molecule has 0 unspecified atom stereocenters. The van der Waals surface area contributed by atoms with Crippen LogP contribution in [0.4, 0.5) is 5.82 Å². The lowest BCUT2D eigenvalue weighted by Gasteiger charge is -2.37. The second-order valence-electron chi connectivity index (χ2n) is 9.42. The number of anilines is 1. The van der Waals surface area contributed by atoms with Gasteiger partial charge in [0.15, 0.2) is 16.6 Å². The molecule has 1 N–H and O–H groups in total. The van der Waals surface area contributed by atoms with Crippen molar-refractivity contribution in [1.82, 2.24) is 30.1 Å². The summed E-state index contributed by atoms with van der Waals surface area (Å²) in [6.07, 6.45) is 7.32. The first-order chi connectivity index (χ1) is 18.2. The largest absolute Gasteiger partial charge is 0.493 e. The number of aromatic nitrogens is 3. The number of hydrogen-bond donors (Lipinski definition) is 1. The Balaban J connectivity index is 1.21. The standard InChI is InChI=1S/C27H35N7O2S/c1-35-24-17-22-23(18-25(24)36-16-15-32-9-5-2-6-10-32)30-20-31-26(22)33-11-13-34(14-12-33)27(37)29-19-21-7-3-4-8-28-21/h3-4,7-8,17-18,20H,2,5-6,9-16,19H2,1H3,(H,29,37). The Bertz CT molecular complexity index is 1180. The van der Waals surface area contributed by atoms with E-state index >= 15 is 0 Å². The van der Waals surface area contributed by atoms with Crippen LogP contribution < -0.4 is 19.7 Å². The van der Waals surface area contributed by atoms with Crippen molar-refractivity contribution in [2.45, 2.75) is 25.8 Å². The summed E-state index contributed by atoms with van der Waals surface area (Å²) in [5.74, 6) is 2.35. The van der Waals surface area contributed by atoms with Crippen LogP contribution in [0, 0.1) is 0 Å². The highest BCUT2D eigenvalue weighted by Gasteiger charge is 2.22. The lowest BCUT2D eigenvalue weighted by atomic mass is 10.1. The second-order valence-corrected chi connectivity index (χ2v) is 9.81. The van der Waals surface area contributed by atoms with Gasteiger partial charge in [-0.15, -0.1) is 0 Å². The van der Waals surface area contributed by atoms with Crippen LogP contribution >= 0.6 is 12.2 Å². The summed E-state index contributed by atoms with van der Waals surface area (Å²) in [7, 11) is 1.68. The number of likely N-dealkylation sites (tertiary alicyclic amines) is 1. The number of rotatable bonds is 8. The Morgan fingerprint density at radius 3 is 2.57 bits per heavy atom. The van der Waals surface area contributed by atoms with Crippen LogP contribution in [0.2, 0.25) is 0 Å². The van der Waals surface area contributed by atoms with Crippen molar-refractivity contribution in [3.63, 3.8) is 0 Å². The SMILES string of the molecule is COc1cc2c(N3CCN(C(=S)NCc4ccccn4)CC3)ncnc2cc1OCCN1CCCCC1. The summed E-state index contributed by atoms with van der Waals surface area (Å²) >= 11 is 5.64. The number of nitrogens with zero attached hydrogens (tertiary/aromatic N) is 6. The number of pyridine rings is 1. The molecule has 9 nitrogen and oxygen atoms in total. The van der Waals surface area contributed by atoms with Crippen molar-refractivity contribution in [3.8, 4) is 11.5 Å². The normalized spacial score (nSPS) is 16.6. The van der Waals surface area contributed by atoms with E-state index in [1.165, 1.54) is 19.3 Å². The summed E-state index contributed by atoms with van der Waals surface area (Å²) in [4.78, 5) is 20.5.